The summed E-state index contributed by atoms with van der Waals surface area (Å²) in [4.78, 5) is 15.5. The molecular formula is C10H23N3OS. The third kappa shape index (κ3) is 7.64. The fraction of sp³-hybridized carbons (Fsp3) is 0.900. The van der Waals surface area contributed by atoms with Crippen LogP contribution in [-0.4, -0.2) is 61.7 Å². The number of amides is 1. The highest BCUT2D eigenvalue weighted by Gasteiger charge is 2.08. The fourth-order valence-electron chi connectivity index (χ4n) is 1.06. The van der Waals surface area contributed by atoms with E-state index < -0.39 is 0 Å². The van der Waals surface area contributed by atoms with E-state index in [0.717, 1.165) is 13.1 Å². The summed E-state index contributed by atoms with van der Waals surface area (Å²) in [5.74, 6) is 0.0669. The predicted molar refractivity (Wildman–Crippen MR) is 66.9 cm³/mol. The van der Waals surface area contributed by atoms with Crippen molar-refractivity contribution in [2.24, 2.45) is 0 Å². The minimum atomic E-state index is 0.0669. The number of likely N-dealkylation sites (N-methyl/N-ethyl adjacent to an activating group) is 2. The molecule has 0 spiro atoms. The third-order valence-electron chi connectivity index (χ3n) is 2.35. The zero-order valence-electron chi connectivity index (χ0n) is 10.4. The van der Waals surface area contributed by atoms with Gasteiger partial charge in [-0.25, -0.2) is 0 Å². The quantitative estimate of drug-likeness (QED) is 0.655. The highest BCUT2D eigenvalue weighted by molar-refractivity contribution is 7.97. The molecule has 90 valence electrons. The molecule has 0 aliphatic heterocycles. The maximum absolute atomic E-state index is 11.2. The Morgan fingerprint density at radius 1 is 1.33 bits per heavy atom. The Morgan fingerprint density at radius 2 is 1.93 bits per heavy atom. The molecule has 0 fully saturated rings. The molecule has 0 aliphatic carbocycles. The summed E-state index contributed by atoms with van der Waals surface area (Å²) < 4.78 is 2.71. The van der Waals surface area contributed by atoms with E-state index in [2.05, 4.69) is 30.5 Å². The van der Waals surface area contributed by atoms with Gasteiger partial charge < -0.3 is 4.90 Å². The van der Waals surface area contributed by atoms with E-state index in [1.165, 1.54) is 11.9 Å². The predicted octanol–water partition coefficient (Wildman–Crippen LogP) is 0.653. The molecule has 1 N–H and O–H groups in total. The summed E-state index contributed by atoms with van der Waals surface area (Å²) in [6, 6.07) is 0.554. The summed E-state index contributed by atoms with van der Waals surface area (Å²) in [7, 11) is 4.06. The van der Waals surface area contributed by atoms with Gasteiger partial charge in [-0.05, 0) is 27.9 Å². The van der Waals surface area contributed by atoms with Gasteiger partial charge in [0.05, 0.1) is 6.54 Å². The second-order valence-electron chi connectivity index (χ2n) is 4.04. The lowest BCUT2D eigenvalue weighted by Gasteiger charge is -2.24. The number of nitrogens with one attached hydrogen (secondary N) is 1. The lowest BCUT2D eigenvalue weighted by Crippen LogP contribution is -2.38. The Balaban J connectivity index is 3.65. The van der Waals surface area contributed by atoms with Gasteiger partial charge in [0.15, 0.2) is 0 Å². The highest BCUT2D eigenvalue weighted by atomic mass is 32.2. The zero-order chi connectivity index (χ0) is 11.8. The van der Waals surface area contributed by atoms with Crippen LogP contribution in [0.2, 0.25) is 0 Å². The molecule has 0 aromatic heterocycles. The number of nitrogens with zero attached hydrogens (tertiary/aromatic N) is 2. The van der Waals surface area contributed by atoms with Crippen LogP contribution in [0.15, 0.2) is 0 Å². The Hall–Kier alpha value is -0.260. The lowest BCUT2D eigenvalue weighted by atomic mass is 10.3. The molecule has 0 saturated heterocycles. The normalized spacial score (nSPS) is 11.5. The first-order valence-electron chi connectivity index (χ1n) is 5.18. The third-order valence-corrected chi connectivity index (χ3v) is 2.78. The number of hydrogen-bond donors (Lipinski definition) is 1. The van der Waals surface area contributed by atoms with E-state index in [9.17, 15) is 4.79 Å². The fourth-order valence-corrected chi connectivity index (χ4v) is 1.35. The van der Waals surface area contributed by atoms with E-state index in [1.54, 1.807) is 0 Å². The van der Waals surface area contributed by atoms with Crippen molar-refractivity contribution >= 4 is 17.9 Å². The maximum Gasteiger partial charge on any atom is 0.243 e. The van der Waals surface area contributed by atoms with Crippen molar-refractivity contribution in [1.82, 2.24) is 14.5 Å². The minimum Gasteiger partial charge on any atom is -0.303 e. The summed E-state index contributed by atoms with van der Waals surface area (Å²) in [6.45, 7) is 6.70. The molecule has 0 heterocycles. The summed E-state index contributed by atoms with van der Waals surface area (Å²) in [6.07, 6.45) is 1.85. The maximum atomic E-state index is 11.2. The first-order chi connectivity index (χ1) is 6.97. The van der Waals surface area contributed by atoms with Crippen LogP contribution in [0.25, 0.3) is 0 Å². The Morgan fingerprint density at radius 3 is 2.40 bits per heavy atom. The Bertz CT molecular complexity index is 188. The van der Waals surface area contributed by atoms with E-state index in [0.29, 0.717) is 12.6 Å². The number of carbonyl (C=O) groups excluding carboxylic acids is 1. The van der Waals surface area contributed by atoms with Gasteiger partial charge in [-0.3, -0.25) is 14.4 Å². The van der Waals surface area contributed by atoms with Crippen LogP contribution >= 0.6 is 11.9 Å². The van der Waals surface area contributed by atoms with Crippen molar-refractivity contribution in [3.63, 3.8) is 0 Å². The first kappa shape index (κ1) is 14.7. The van der Waals surface area contributed by atoms with Crippen LogP contribution in [0.3, 0.4) is 0 Å². The van der Waals surface area contributed by atoms with Crippen LogP contribution in [0.4, 0.5) is 0 Å². The van der Waals surface area contributed by atoms with Gasteiger partial charge in [0.25, 0.3) is 0 Å². The highest BCUT2D eigenvalue weighted by Crippen LogP contribution is 1.94. The van der Waals surface area contributed by atoms with Crippen LogP contribution in [0.1, 0.15) is 13.8 Å². The van der Waals surface area contributed by atoms with Crippen molar-refractivity contribution in [2.75, 3.05) is 40.0 Å². The van der Waals surface area contributed by atoms with Gasteiger partial charge in [0.2, 0.25) is 5.91 Å². The van der Waals surface area contributed by atoms with Crippen molar-refractivity contribution in [2.45, 2.75) is 19.9 Å². The molecule has 0 unspecified atom stereocenters. The van der Waals surface area contributed by atoms with Crippen molar-refractivity contribution in [3.05, 3.63) is 0 Å². The molecule has 15 heavy (non-hydrogen) atoms. The lowest BCUT2D eigenvalue weighted by molar-refractivity contribution is -0.120. The summed E-state index contributed by atoms with van der Waals surface area (Å²) >= 11 is 1.34. The molecule has 5 heteroatoms. The van der Waals surface area contributed by atoms with Crippen LogP contribution in [0, 0.1) is 0 Å². The van der Waals surface area contributed by atoms with Gasteiger partial charge in [0, 0.05) is 25.4 Å². The largest absolute Gasteiger partial charge is 0.303 e. The smallest absolute Gasteiger partial charge is 0.243 e. The molecule has 0 radical (unpaired) electrons. The SMILES string of the molecule is CSNC(=O)CN(C)CCN(C)C(C)C. The van der Waals surface area contributed by atoms with Gasteiger partial charge in [-0.2, -0.15) is 0 Å². The standard InChI is InChI=1S/C10H23N3OS/c1-9(2)13(4)7-6-12(3)8-10(14)11-15-5/h9H,6-8H2,1-5H3,(H,11,14). The zero-order valence-corrected chi connectivity index (χ0v) is 11.2. The number of hydrogen-bond acceptors (Lipinski definition) is 4. The van der Waals surface area contributed by atoms with Gasteiger partial charge in [0.1, 0.15) is 0 Å². The Kier molecular flexibility index (Phi) is 7.82. The average molecular weight is 233 g/mol. The number of carbonyl (C=O) groups is 1. The molecule has 4 nitrogen and oxygen atoms in total. The van der Waals surface area contributed by atoms with Gasteiger partial charge in [-0.15, -0.1) is 0 Å². The summed E-state index contributed by atoms with van der Waals surface area (Å²) in [5.41, 5.74) is 0. The monoisotopic (exact) mass is 233 g/mol. The average Bonchev–Trinajstić information content (AvgIpc) is 2.14. The molecule has 0 aromatic carbocycles. The first-order valence-corrected chi connectivity index (χ1v) is 6.40. The number of rotatable bonds is 7. The molecule has 0 rings (SSSR count). The minimum absolute atomic E-state index is 0.0669. The second-order valence-corrected chi connectivity index (χ2v) is 4.65. The molecule has 0 atom stereocenters. The van der Waals surface area contributed by atoms with Crippen LogP contribution in [0.5, 0.6) is 0 Å². The molecule has 0 aliphatic rings. The van der Waals surface area contributed by atoms with Crippen molar-refractivity contribution in [1.29, 1.82) is 0 Å². The topological polar surface area (TPSA) is 35.6 Å². The van der Waals surface area contributed by atoms with E-state index in [1.807, 2.05) is 18.2 Å². The molecule has 0 aromatic rings. The van der Waals surface area contributed by atoms with Crippen molar-refractivity contribution in [3.8, 4) is 0 Å². The molecule has 0 bridgehead atoms. The van der Waals surface area contributed by atoms with Gasteiger partial charge in [-0.1, -0.05) is 11.9 Å². The molecule has 0 saturated carbocycles. The summed E-state index contributed by atoms with van der Waals surface area (Å²) in [5, 5.41) is 0. The van der Waals surface area contributed by atoms with Crippen LogP contribution in [-0.2, 0) is 4.79 Å². The van der Waals surface area contributed by atoms with E-state index >= 15 is 0 Å². The second kappa shape index (κ2) is 7.96. The van der Waals surface area contributed by atoms with Gasteiger partial charge >= 0.3 is 0 Å². The molecule has 1 amide bonds. The van der Waals surface area contributed by atoms with Crippen molar-refractivity contribution < 1.29 is 4.79 Å². The van der Waals surface area contributed by atoms with Crippen LogP contribution < -0.4 is 4.72 Å². The van der Waals surface area contributed by atoms with E-state index in [-0.39, 0.29) is 5.91 Å². The van der Waals surface area contributed by atoms with E-state index in [4.69, 9.17) is 0 Å². The molecular weight excluding hydrogens is 210 g/mol. The Labute approximate surface area is 97.5 Å².